The van der Waals surface area contributed by atoms with Gasteiger partial charge in [-0.05, 0) is 36.6 Å². The lowest BCUT2D eigenvalue weighted by molar-refractivity contribution is -0.113. The van der Waals surface area contributed by atoms with Crippen molar-refractivity contribution in [3.8, 4) is 0 Å². The number of nitrogens with one attached hydrogen (secondary N) is 1. The van der Waals surface area contributed by atoms with E-state index in [0.29, 0.717) is 28.7 Å². The summed E-state index contributed by atoms with van der Waals surface area (Å²) in [6.07, 6.45) is 0.752. The molecule has 0 aliphatic rings. The van der Waals surface area contributed by atoms with E-state index < -0.39 is 17.5 Å². The van der Waals surface area contributed by atoms with Crippen molar-refractivity contribution in [1.82, 2.24) is 9.55 Å². The molecular formula is C23H21F2N3O3S. The SMILES string of the molecule is CC(C)CCn1c(SCC(=O)Nc2ccc(F)c(F)c2)nc2c(oc3ccccc32)c1=O. The van der Waals surface area contributed by atoms with E-state index in [0.717, 1.165) is 35.7 Å². The minimum Gasteiger partial charge on any atom is -0.448 e. The first-order valence-corrected chi connectivity index (χ1v) is 11.1. The first kappa shape index (κ1) is 22.0. The highest BCUT2D eigenvalue weighted by molar-refractivity contribution is 7.99. The van der Waals surface area contributed by atoms with Gasteiger partial charge in [0, 0.05) is 23.7 Å². The van der Waals surface area contributed by atoms with Gasteiger partial charge in [0.15, 0.2) is 16.8 Å². The van der Waals surface area contributed by atoms with Gasteiger partial charge in [-0.2, -0.15) is 0 Å². The summed E-state index contributed by atoms with van der Waals surface area (Å²) < 4.78 is 33.8. The molecule has 9 heteroatoms. The molecule has 4 rings (SSSR count). The number of para-hydroxylation sites is 1. The van der Waals surface area contributed by atoms with E-state index in [-0.39, 0.29) is 22.6 Å². The fraction of sp³-hybridized carbons (Fsp3) is 0.261. The standard InChI is InChI=1S/C23H21F2N3O3S/c1-13(2)9-10-28-22(30)21-20(15-5-3-4-6-18(15)31-21)27-23(28)32-12-19(29)26-14-7-8-16(24)17(25)11-14/h3-8,11,13H,9-10,12H2,1-2H3,(H,26,29). The number of furan rings is 1. The lowest BCUT2D eigenvalue weighted by atomic mass is 10.1. The van der Waals surface area contributed by atoms with Crippen molar-refractivity contribution >= 4 is 45.4 Å². The maximum atomic E-state index is 13.4. The van der Waals surface area contributed by atoms with Crippen LogP contribution < -0.4 is 10.9 Å². The maximum absolute atomic E-state index is 13.4. The molecule has 0 atom stereocenters. The van der Waals surface area contributed by atoms with Crippen LogP contribution >= 0.6 is 11.8 Å². The zero-order valence-corrected chi connectivity index (χ0v) is 18.3. The zero-order chi connectivity index (χ0) is 22.8. The first-order valence-electron chi connectivity index (χ1n) is 10.1. The molecule has 0 fully saturated rings. The van der Waals surface area contributed by atoms with Crippen molar-refractivity contribution in [3.63, 3.8) is 0 Å². The molecule has 0 bridgehead atoms. The third-order valence-electron chi connectivity index (χ3n) is 4.91. The van der Waals surface area contributed by atoms with E-state index in [1.165, 1.54) is 10.6 Å². The van der Waals surface area contributed by atoms with Crippen molar-refractivity contribution in [2.24, 2.45) is 5.92 Å². The number of hydrogen-bond acceptors (Lipinski definition) is 5. The molecular weight excluding hydrogens is 436 g/mol. The predicted octanol–water partition coefficient (Wildman–Crippen LogP) is 5.20. The number of carbonyl (C=O) groups excluding carboxylic acids is 1. The summed E-state index contributed by atoms with van der Waals surface area (Å²) in [4.78, 5) is 30.2. The van der Waals surface area contributed by atoms with E-state index in [4.69, 9.17) is 4.42 Å². The fourth-order valence-electron chi connectivity index (χ4n) is 3.25. The summed E-state index contributed by atoms with van der Waals surface area (Å²) in [5.41, 5.74) is 1.06. The number of nitrogens with zero attached hydrogens (tertiary/aromatic N) is 2. The number of aromatic nitrogens is 2. The Morgan fingerprint density at radius 3 is 2.72 bits per heavy atom. The molecule has 32 heavy (non-hydrogen) atoms. The van der Waals surface area contributed by atoms with Gasteiger partial charge in [0.2, 0.25) is 11.5 Å². The van der Waals surface area contributed by atoms with Gasteiger partial charge in [0.25, 0.3) is 5.56 Å². The topological polar surface area (TPSA) is 77.1 Å². The smallest absolute Gasteiger partial charge is 0.297 e. The Bertz CT molecular complexity index is 1360. The minimum absolute atomic E-state index is 0.0611. The second kappa shape index (κ2) is 9.12. The van der Waals surface area contributed by atoms with Crippen LogP contribution in [0.5, 0.6) is 0 Å². The molecule has 1 N–H and O–H groups in total. The number of amides is 1. The highest BCUT2D eigenvalue weighted by Crippen LogP contribution is 2.27. The molecule has 2 aromatic heterocycles. The molecule has 1 amide bonds. The van der Waals surface area contributed by atoms with E-state index in [1.807, 2.05) is 18.2 Å². The Hall–Kier alpha value is -3.20. The second-order valence-electron chi connectivity index (χ2n) is 7.78. The summed E-state index contributed by atoms with van der Waals surface area (Å²) in [5.74, 6) is -2.16. The molecule has 0 radical (unpaired) electrons. The maximum Gasteiger partial charge on any atom is 0.297 e. The molecule has 6 nitrogen and oxygen atoms in total. The van der Waals surface area contributed by atoms with Gasteiger partial charge < -0.3 is 9.73 Å². The van der Waals surface area contributed by atoms with E-state index in [9.17, 15) is 18.4 Å². The molecule has 0 saturated heterocycles. The van der Waals surface area contributed by atoms with Gasteiger partial charge in [0.1, 0.15) is 11.1 Å². The van der Waals surface area contributed by atoms with Crippen LogP contribution in [-0.4, -0.2) is 21.2 Å². The highest BCUT2D eigenvalue weighted by atomic mass is 32.2. The number of hydrogen-bond donors (Lipinski definition) is 1. The summed E-state index contributed by atoms with van der Waals surface area (Å²) in [7, 11) is 0. The van der Waals surface area contributed by atoms with Crippen LogP contribution in [0.3, 0.4) is 0 Å². The zero-order valence-electron chi connectivity index (χ0n) is 17.5. The van der Waals surface area contributed by atoms with Crippen molar-refractivity contribution in [2.75, 3.05) is 11.1 Å². The molecule has 0 aliphatic carbocycles. The molecule has 4 aromatic rings. The molecule has 0 saturated carbocycles. The third kappa shape index (κ3) is 4.52. The fourth-order valence-corrected chi connectivity index (χ4v) is 4.07. The van der Waals surface area contributed by atoms with Crippen molar-refractivity contribution in [1.29, 1.82) is 0 Å². The van der Waals surface area contributed by atoms with Crippen molar-refractivity contribution in [3.05, 3.63) is 64.5 Å². The number of fused-ring (bicyclic) bond motifs is 3. The third-order valence-corrected chi connectivity index (χ3v) is 5.89. The lowest BCUT2D eigenvalue weighted by Gasteiger charge is -2.13. The van der Waals surface area contributed by atoms with Crippen LogP contribution in [0.1, 0.15) is 20.3 Å². The molecule has 2 heterocycles. The van der Waals surface area contributed by atoms with Gasteiger partial charge in [0.05, 0.1) is 5.75 Å². The van der Waals surface area contributed by atoms with Gasteiger partial charge in [-0.1, -0.05) is 37.7 Å². The summed E-state index contributed by atoms with van der Waals surface area (Å²) in [6, 6.07) is 10.4. The van der Waals surface area contributed by atoms with Crippen LogP contribution in [-0.2, 0) is 11.3 Å². The Labute approximate surface area is 186 Å². The molecule has 166 valence electrons. The normalized spacial score (nSPS) is 11.5. The molecule has 0 unspecified atom stereocenters. The number of thioether (sulfide) groups is 1. The first-order chi connectivity index (χ1) is 15.3. The van der Waals surface area contributed by atoms with Crippen LogP contribution in [0.4, 0.5) is 14.5 Å². The van der Waals surface area contributed by atoms with E-state index in [2.05, 4.69) is 24.1 Å². The number of benzene rings is 2. The Kier molecular flexibility index (Phi) is 6.27. The summed E-state index contributed by atoms with van der Waals surface area (Å²) in [6.45, 7) is 4.55. The number of anilines is 1. The van der Waals surface area contributed by atoms with Crippen molar-refractivity contribution < 1.29 is 18.0 Å². The number of rotatable bonds is 7. The van der Waals surface area contributed by atoms with Gasteiger partial charge >= 0.3 is 0 Å². The lowest BCUT2D eigenvalue weighted by Crippen LogP contribution is -2.24. The van der Waals surface area contributed by atoms with Crippen LogP contribution in [0.25, 0.3) is 22.1 Å². The predicted molar refractivity (Wildman–Crippen MR) is 121 cm³/mol. The van der Waals surface area contributed by atoms with Crippen LogP contribution in [0.2, 0.25) is 0 Å². The Morgan fingerprint density at radius 1 is 1.19 bits per heavy atom. The van der Waals surface area contributed by atoms with Crippen molar-refractivity contribution in [2.45, 2.75) is 32.0 Å². The molecule has 0 spiro atoms. The average molecular weight is 458 g/mol. The molecule has 2 aromatic carbocycles. The van der Waals surface area contributed by atoms with Gasteiger partial charge in [-0.25, -0.2) is 13.8 Å². The van der Waals surface area contributed by atoms with E-state index >= 15 is 0 Å². The van der Waals surface area contributed by atoms with Gasteiger partial charge in [-0.3, -0.25) is 14.2 Å². The Balaban J connectivity index is 1.64. The monoisotopic (exact) mass is 457 g/mol. The second-order valence-corrected chi connectivity index (χ2v) is 8.72. The van der Waals surface area contributed by atoms with Crippen LogP contribution in [0.15, 0.2) is 56.8 Å². The number of carbonyl (C=O) groups is 1. The number of halogens is 2. The van der Waals surface area contributed by atoms with Crippen LogP contribution in [0, 0.1) is 17.6 Å². The highest BCUT2D eigenvalue weighted by Gasteiger charge is 2.19. The summed E-state index contributed by atoms with van der Waals surface area (Å²) >= 11 is 1.10. The van der Waals surface area contributed by atoms with E-state index in [1.54, 1.807) is 6.07 Å². The quantitative estimate of drug-likeness (QED) is 0.305. The van der Waals surface area contributed by atoms with Gasteiger partial charge in [-0.15, -0.1) is 0 Å². The minimum atomic E-state index is -1.04. The Morgan fingerprint density at radius 2 is 1.97 bits per heavy atom. The molecule has 0 aliphatic heterocycles. The summed E-state index contributed by atoms with van der Waals surface area (Å²) in [5, 5.41) is 3.65. The average Bonchev–Trinajstić information content (AvgIpc) is 3.13. The largest absolute Gasteiger partial charge is 0.448 e.